The number of carboxylic acid groups (broad SMARTS) is 1. The van der Waals surface area contributed by atoms with Crippen LogP contribution in [0.2, 0.25) is 0 Å². The van der Waals surface area contributed by atoms with E-state index in [1.165, 1.54) is 4.90 Å². The van der Waals surface area contributed by atoms with E-state index in [0.717, 1.165) is 12.2 Å². The summed E-state index contributed by atoms with van der Waals surface area (Å²) in [7, 11) is 0. The Morgan fingerprint density at radius 1 is 1.60 bits per heavy atom. The quantitative estimate of drug-likeness (QED) is 0.748. The van der Waals surface area contributed by atoms with Crippen molar-refractivity contribution in [2.75, 3.05) is 24.6 Å². The Morgan fingerprint density at radius 2 is 2.33 bits per heavy atom. The molecule has 15 heavy (non-hydrogen) atoms. The average Bonchev–Trinajstić information content (AvgIpc) is 2.25. The summed E-state index contributed by atoms with van der Waals surface area (Å²) in [4.78, 5) is 23.9. The van der Waals surface area contributed by atoms with Crippen molar-refractivity contribution >= 4 is 23.8 Å². The molecule has 1 saturated heterocycles. The van der Waals surface area contributed by atoms with Crippen LogP contribution < -0.4 is 5.32 Å². The first kappa shape index (κ1) is 12.2. The van der Waals surface area contributed by atoms with Crippen LogP contribution in [-0.2, 0) is 4.79 Å². The van der Waals surface area contributed by atoms with Crippen LogP contribution in [0.15, 0.2) is 0 Å². The van der Waals surface area contributed by atoms with Crippen LogP contribution in [0.5, 0.6) is 0 Å². The fraction of sp³-hybridized carbons (Fsp3) is 0.778. The number of hydrogen-bond acceptors (Lipinski definition) is 3. The van der Waals surface area contributed by atoms with Crippen LogP contribution in [0, 0.1) is 0 Å². The zero-order valence-corrected chi connectivity index (χ0v) is 9.55. The number of rotatable bonds is 3. The van der Waals surface area contributed by atoms with Gasteiger partial charge in [-0.15, -0.1) is 0 Å². The molecule has 2 N–H and O–H groups in total. The standard InChI is InChI=1S/C9H16N2O3S/c1-2-3-10-9(14)11-4-5-15-6-7(11)8(12)13/h7H,2-6H2,1H3,(H,10,14)(H,12,13). The molecule has 0 saturated carbocycles. The van der Waals surface area contributed by atoms with Gasteiger partial charge in [-0.25, -0.2) is 9.59 Å². The summed E-state index contributed by atoms with van der Waals surface area (Å²) in [6, 6.07) is -0.940. The summed E-state index contributed by atoms with van der Waals surface area (Å²) in [5.41, 5.74) is 0. The van der Waals surface area contributed by atoms with Gasteiger partial charge >= 0.3 is 12.0 Å². The number of amides is 2. The fourth-order valence-corrected chi connectivity index (χ4v) is 2.42. The predicted molar refractivity (Wildman–Crippen MR) is 59.1 cm³/mol. The minimum atomic E-state index is -0.922. The molecule has 1 aliphatic rings. The Hall–Kier alpha value is -0.910. The molecule has 86 valence electrons. The van der Waals surface area contributed by atoms with E-state index in [1.54, 1.807) is 11.8 Å². The lowest BCUT2D eigenvalue weighted by Crippen LogP contribution is -2.53. The molecule has 0 aromatic heterocycles. The first-order valence-electron chi connectivity index (χ1n) is 5.01. The average molecular weight is 232 g/mol. The highest BCUT2D eigenvalue weighted by Crippen LogP contribution is 2.16. The van der Waals surface area contributed by atoms with Crippen molar-refractivity contribution in [3.63, 3.8) is 0 Å². The third-order valence-corrected chi connectivity index (χ3v) is 3.22. The zero-order chi connectivity index (χ0) is 11.3. The second kappa shape index (κ2) is 5.85. The van der Waals surface area contributed by atoms with E-state index in [9.17, 15) is 9.59 Å². The maximum atomic E-state index is 11.6. The summed E-state index contributed by atoms with van der Waals surface area (Å²) < 4.78 is 0. The van der Waals surface area contributed by atoms with Crippen molar-refractivity contribution in [2.24, 2.45) is 0 Å². The predicted octanol–water partition coefficient (Wildman–Crippen LogP) is 0.608. The Kier molecular flexibility index (Phi) is 4.74. The molecule has 0 bridgehead atoms. The highest BCUT2D eigenvalue weighted by atomic mass is 32.2. The monoisotopic (exact) mass is 232 g/mol. The summed E-state index contributed by atoms with van der Waals surface area (Å²) >= 11 is 1.57. The molecule has 5 nitrogen and oxygen atoms in total. The van der Waals surface area contributed by atoms with E-state index in [2.05, 4.69) is 5.32 Å². The number of carboxylic acids is 1. The first-order chi connectivity index (χ1) is 7.16. The van der Waals surface area contributed by atoms with Crippen molar-refractivity contribution in [1.29, 1.82) is 0 Å². The van der Waals surface area contributed by atoms with Gasteiger partial charge in [-0.2, -0.15) is 11.8 Å². The van der Waals surface area contributed by atoms with Gasteiger partial charge in [0.25, 0.3) is 0 Å². The number of nitrogens with one attached hydrogen (secondary N) is 1. The van der Waals surface area contributed by atoms with Gasteiger partial charge < -0.3 is 15.3 Å². The Bertz CT molecular complexity index is 248. The number of hydrogen-bond donors (Lipinski definition) is 2. The summed E-state index contributed by atoms with van der Waals surface area (Å²) in [6.45, 7) is 3.06. The van der Waals surface area contributed by atoms with Crippen LogP contribution in [0.4, 0.5) is 4.79 Å². The van der Waals surface area contributed by atoms with E-state index in [4.69, 9.17) is 5.11 Å². The Balaban J connectivity index is 2.55. The van der Waals surface area contributed by atoms with E-state index in [0.29, 0.717) is 18.8 Å². The number of carbonyl (C=O) groups is 2. The SMILES string of the molecule is CCCNC(=O)N1CCSCC1C(=O)O. The molecule has 0 radical (unpaired) electrons. The third-order valence-electron chi connectivity index (χ3n) is 2.20. The summed E-state index contributed by atoms with van der Waals surface area (Å²) in [5.74, 6) is 0.368. The summed E-state index contributed by atoms with van der Waals surface area (Å²) in [6.07, 6.45) is 0.853. The molecule has 1 fully saturated rings. The molecule has 1 aliphatic heterocycles. The zero-order valence-electron chi connectivity index (χ0n) is 8.73. The van der Waals surface area contributed by atoms with Crippen molar-refractivity contribution in [3.05, 3.63) is 0 Å². The van der Waals surface area contributed by atoms with Gasteiger partial charge in [-0.3, -0.25) is 0 Å². The highest BCUT2D eigenvalue weighted by molar-refractivity contribution is 7.99. The van der Waals surface area contributed by atoms with E-state index < -0.39 is 12.0 Å². The fourth-order valence-electron chi connectivity index (χ4n) is 1.38. The maximum absolute atomic E-state index is 11.6. The van der Waals surface area contributed by atoms with Crippen LogP contribution in [0.25, 0.3) is 0 Å². The van der Waals surface area contributed by atoms with Gasteiger partial charge in [0, 0.05) is 24.6 Å². The second-order valence-corrected chi connectivity index (χ2v) is 4.50. The minimum Gasteiger partial charge on any atom is -0.480 e. The molecular formula is C9H16N2O3S. The molecule has 0 aliphatic carbocycles. The van der Waals surface area contributed by atoms with Gasteiger partial charge in [-0.05, 0) is 6.42 Å². The van der Waals surface area contributed by atoms with E-state index >= 15 is 0 Å². The van der Waals surface area contributed by atoms with E-state index in [-0.39, 0.29) is 6.03 Å². The Labute approximate surface area is 93.2 Å². The van der Waals surface area contributed by atoms with E-state index in [1.807, 2.05) is 6.92 Å². The Morgan fingerprint density at radius 3 is 2.93 bits per heavy atom. The van der Waals surface area contributed by atoms with Crippen molar-refractivity contribution in [2.45, 2.75) is 19.4 Å². The lowest BCUT2D eigenvalue weighted by molar-refractivity contribution is -0.141. The molecule has 0 spiro atoms. The molecule has 1 unspecified atom stereocenters. The van der Waals surface area contributed by atoms with Gasteiger partial charge in [0.2, 0.25) is 0 Å². The van der Waals surface area contributed by atoms with Crippen molar-refractivity contribution < 1.29 is 14.7 Å². The van der Waals surface area contributed by atoms with Crippen LogP contribution in [0.1, 0.15) is 13.3 Å². The molecule has 0 aromatic carbocycles. The second-order valence-electron chi connectivity index (χ2n) is 3.35. The maximum Gasteiger partial charge on any atom is 0.327 e. The van der Waals surface area contributed by atoms with Gasteiger partial charge in [0.05, 0.1) is 0 Å². The molecule has 1 heterocycles. The first-order valence-corrected chi connectivity index (χ1v) is 6.17. The molecule has 1 atom stereocenters. The molecule has 2 amide bonds. The van der Waals surface area contributed by atoms with Crippen molar-refractivity contribution in [1.82, 2.24) is 10.2 Å². The summed E-state index contributed by atoms with van der Waals surface area (Å²) in [5, 5.41) is 11.6. The lowest BCUT2D eigenvalue weighted by Gasteiger charge is -2.32. The molecule has 6 heteroatoms. The largest absolute Gasteiger partial charge is 0.480 e. The number of aliphatic carboxylic acids is 1. The van der Waals surface area contributed by atoms with Gasteiger partial charge in [-0.1, -0.05) is 6.92 Å². The lowest BCUT2D eigenvalue weighted by atomic mass is 10.3. The van der Waals surface area contributed by atoms with Crippen LogP contribution >= 0.6 is 11.8 Å². The number of carbonyl (C=O) groups excluding carboxylic acids is 1. The van der Waals surface area contributed by atoms with Gasteiger partial charge in [0.15, 0.2) is 0 Å². The van der Waals surface area contributed by atoms with Gasteiger partial charge in [0.1, 0.15) is 6.04 Å². The highest BCUT2D eigenvalue weighted by Gasteiger charge is 2.31. The number of thioether (sulfide) groups is 1. The molecule has 0 aromatic rings. The molecular weight excluding hydrogens is 216 g/mol. The number of nitrogens with zero attached hydrogens (tertiary/aromatic N) is 1. The topological polar surface area (TPSA) is 69.6 Å². The van der Waals surface area contributed by atoms with Crippen LogP contribution in [0.3, 0.4) is 0 Å². The third kappa shape index (κ3) is 3.30. The molecule has 1 rings (SSSR count). The normalized spacial score (nSPS) is 21.1. The minimum absolute atomic E-state index is 0.260. The van der Waals surface area contributed by atoms with Crippen molar-refractivity contribution in [3.8, 4) is 0 Å². The van der Waals surface area contributed by atoms with Crippen LogP contribution in [-0.4, -0.2) is 52.6 Å². The number of urea groups is 1. The smallest absolute Gasteiger partial charge is 0.327 e.